The standard InChI is InChI=1S/C8H6ClNO3S2/c1-13-6-2-5(15(9,11)12)3-7-8(6)10-4-14-7/h2-4H,1H3. The van der Waals surface area contributed by atoms with E-state index in [2.05, 4.69) is 4.98 Å². The Balaban J connectivity index is 2.80. The molecule has 0 saturated heterocycles. The van der Waals surface area contributed by atoms with Gasteiger partial charge in [0.1, 0.15) is 11.3 Å². The first-order valence-electron chi connectivity index (χ1n) is 3.88. The van der Waals surface area contributed by atoms with Crippen molar-refractivity contribution in [3.05, 3.63) is 17.6 Å². The molecular weight excluding hydrogens is 258 g/mol. The lowest BCUT2D eigenvalue weighted by molar-refractivity contribution is 0.418. The molecule has 0 saturated carbocycles. The van der Waals surface area contributed by atoms with Crippen LogP contribution in [0.1, 0.15) is 0 Å². The SMILES string of the molecule is COc1cc(S(=O)(=O)Cl)cc2scnc12. The van der Waals surface area contributed by atoms with Crippen LogP contribution in [0.4, 0.5) is 0 Å². The van der Waals surface area contributed by atoms with E-state index in [1.54, 1.807) is 5.51 Å². The first kappa shape index (κ1) is 10.7. The molecular formula is C8H6ClNO3S2. The third-order valence-electron chi connectivity index (χ3n) is 1.88. The highest BCUT2D eigenvalue weighted by Gasteiger charge is 2.15. The van der Waals surface area contributed by atoms with Crippen LogP contribution in [0.15, 0.2) is 22.5 Å². The van der Waals surface area contributed by atoms with Gasteiger partial charge in [-0.05, 0) is 6.07 Å². The average molecular weight is 264 g/mol. The molecule has 0 N–H and O–H groups in total. The minimum atomic E-state index is -3.73. The van der Waals surface area contributed by atoms with Gasteiger partial charge in [0.2, 0.25) is 0 Å². The molecule has 1 aromatic heterocycles. The van der Waals surface area contributed by atoms with Gasteiger partial charge in [-0.3, -0.25) is 0 Å². The summed E-state index contributed by atoms with van der Waals surface area (Å²) in [5, 5.41) is 0. The number of ether oxygens (including phenoxy) is 1. The van der Waals surface area contributed by atoms with Gasteiger partial charge in [-0.15, -0.1) is 11.3 Å². The second-order valence-corrected chi connectivity index (χ2v) is 6.21. The van der Waals surface area contributed by atoms with Crippen molar-refractivity contribution < 1.29 is 13.2 Å². The van der Waals surface area contributed by atoms with Crippen molar-refractivity contribution >= 4 is 41.3 Å². The van der Waals surface area contributed by atoms with Crippen LogP contribution in [0.3, 0.4) is 0 Å². The van der Waals surface area contributed by atoms with E-state index in [9.17, 15) is 8.42 Å². The van der Waals surface area contributed by atoms with E-state index in [0.717, 1.165) is 4.70 Å². The number of hydrogen-bond acceptors (Lipinski definition) is 5. The summed E-state index contributed by atoms with van der Waals surface area (Å²) in [5.41, 5.74) is 2.27. The smallest absolute Gasteiger partial charge is 0.261 e. The molecule has 0 radical (unpaired) electrons. The second-order valence-electron chi connectivity index (χ2n) is 2.76. The van der Waals surface area contributed by atoms with Gasteiger partial charge in [-0.25, -0.2) is 13.4 Å². The molecule has 0 fully saturated rings. The third kappa shape index (κ3) is 1.92. The lowest BCUT2D eigenvalue weighted by Gasteiger charge is -2.02. The quantitative estimate of drug-likeness (QED) is 0.780. The van der Waals surface area contributed by atoms with Crippen molar-refractivity contribution in [1.82, 2.24) is 4.98 Å². The highest BCUT2D eigenvalue weighted by Crippen LogP contribution is 2.31. The highest BCUT2D eigenvalue weighted by atomic mass is 35.7. The topological polar surface area (TPSA) is 56.3 Å². The Morgan fingerprint density at radius 3 is 2.80 bits per heavy atom. The molecule has 0 bridgehead atoms. The van der Waals surface area contributed by atoms with Crippen LogP contribution in [0.5, 0.6) is 5.75 Å². The molecule has 0 atom stereocenters. The number of halogens is 1. The minimum Gasteiger partial charge on any atom is -0.494 e. The molecule has 0 aliphatic rings. The zero-order valence-corrected chi connectivity index (χ0v) is 9.99. The Labute approximate surface area is 94.9 Å². The van der Waals surface area contributed by atoms with Gasteiger partial charge in [0, 0.05) is 16.7 Å². The molecule has 2 aromatic rings. The van der Waals surface area contributed by atoms with Crippen molar-refractivity contribution in [2.75, 3.05) is 7.11 Å². The normalized spacial score (nSPS) is 11.9. The average Bonchev–Trinajstić information content (AvgIpc) is 2.62. The number of benzene rings is 1. The van der Waals surface area contributed by atoms with Crippen LogP contribution in [0.2, 0.25) is 0 Å². The molecule has 0 amide bonds. The van der Waals surface area contributed by atoms with Gasteiger partial charge >= 0.3 is 0 Å². The van der Waals surface area contributed by atoms with Gasteiger partial charge in [-0.2, -0.15) is 0 Å². The molecule has 0 aliphatic heterocycles. The lowest BCUT2D eigenvalue weighted by Crippen LogP contribution is -1.92. The summed E-state index contributed by atoms with van der Waals surface area (Å²) in [6.45, 7) is 0. The Kier molecular flexibility index (Phi) is 2.57. The first-order valence-corrected chi connectivity index (χ1v) is 7.07. The number of aromatic nitrogens is 1. The molecule has 1 heterocycles. The molecule has 1 aromatic carbocycles. The second kappa shape index (κ2) is 3.62. The predicted molar refractivity (Wildman–Crippen MR) is 59.2 cm³/mol. The van der Waals surface area contributed by atoms with E-state index in [1.807, 2.05) is 0 Å². The van der Waals surface area contributed by atoms with E-state index < -0.39 is 9.05 Å². The molecule has 15 heavy (non-hydrogen) atoms. The maximum Gasteiger partial charge on any atom is 0.261 e. The van der Waals surface area contributed by atoms with E-state index in [0.29, 0.717) is 11.3 Å². The number of rotatable bonds is 2. The molecule has 0 unspecified atom stereocenters. The number of methoxy groups -OCH3 is 1. The lowest BCUT2D eigenvalue weighted by atomic mass is 10.3. The number of thiazole rings is 1. The molecule has 0 spiro atoms. The molecule has 80 valence electrons. The summed E-state index contributed by atoms with van der Waals surface area (Å²) in [5.74, 6) is 0.410. The third-order valence-corrected chi connectivity index (χ3v) is 3.99. The minimum absolute atomic E-state index is 0.0257. The fourth-order valence-corrected chi connectivity index (χ4v) is 2.79. The Morgan fingerprint density at radius 1 is 1.47 bits per heavy atom. The van der Waals surface area contributed by atoms with Crippen molar-refractivity contribution in [3.63, 3.8) is 0 Å². The Hall–Kier alpha value is -0.850. The zero-order chi connectivity index (χ0) is 11.1. The van der Waals surface area contributed by atoms with Crippen LogP contribution in [0.25, 0.3) is 10.2 Å². The summed E-state index contributed by atoms with van der Waals surface area (Å²) in [4.78, 5) is 4.09. The van der Waals surface area contributed by atoms with E-state index >= 15 is 0 Å². The maximum atomic E-state index is 11.2. The van der Waals surface area contributed by atoms with E-state index in [1.165, 1.54) is 30.6 Å². The largest absolute Gasteiger partial charge is 0.494 e. The first-order chi connectivity index (χ1) is 7.02. The highest BCUT2D eigenvalue weighted by molar-refractivity contribution is 8.13. The van der Waals surface area contributed by atoms with Gasteiger partial charge < -0.3 is 4.74 Å². The van der Waals surface area contributed by atoms with Gasteiger partial charge in [0.25, 0.3) is 9.05 Å². The molecule has 4 nitrogen and oxygen atoms in total. The summed E-state index contributed by atoms with van der Waals surface area (Å²) >= 11 is 1.33. The summed E-state index contributed by atoms with van der Waals surface area (Å²) in [7, 11) is 2.98. The van der Waals surface area contributed by atoms with Gasteiger partial charge in [0.05, 0.1) is 22.2 Å². The summed E-state index contributed by atoms with van der Waals surface area (Å²) in [6.07, 6.45) is 0. The van der Waals surface area contributed by atoms with Crippen LogP contribution < -0.4 is 4.74 Å². The maximum absolute atomic E-state index is 11.2. The molecule has 0 aliphatic carbocycles. The van der Waals surface area contributed by atoms with Crippen LogP contribution in [-0.4, -0.2) is 20.5 Å². The van der Waals surface area contributed by atoms with Crippen molar-refractivity contribution in [3.8, 4) is 5.75 Å². The summed E-state index contributed by atoms with van der Waals surface area (Å²) < 4.78 is 28.1. The van der Waals surface area contributed by atoms with Crippen molar-refractivity contribution in [2.24, 2.45) is 0 Å². The predicted octanol–water partition coefficient (Wildman–Crippen LogP) is 2.23. The Bertz CT molecular complexity index is 605. The van der Waals surface area contributed by atoms with Gasteiger partial charge in [-0.1, -0.05) is 0 Å². The van der Waals surface area contributed by atoms with Crippen molar-refractivity contribution in [2.45, 2.75) is 4.90 Å². The number of nitrogens with zero attached hydrogens (tertiary/aromatic N) is 1. The monoisotopic (exact) mass is 263 g/mol. The number of fused-ring (bicyclic) bond motifs is 1. The zero-order valence-electron chi connectivity index (χ0n) is 7.60. The number of hydrogen-bond donors (Lipinski definition) is 0. The van der Waals surface area contributed by atoms with Crippen LogP contribution in [0, 0.1) is 0 Å². The van der Waals surface area contributed by atoms with Crippen molar-refractivity contribution in [1.29, 1.82) is 0 Å². The fourth-order valence-electron chi connectivity index (χ4n) is 1.21. The molecule has 7 heteroatoms. The fraction of sp³-hybridized carbons (Fsp3) is 0.125. The van der Waals surface area contributed by atoms with Crippen LogP contribution in [-0.2, 0) is 9.05 Å². The summed E-state index contributed by atoms with van der Waals surface area (Å²) in [6, 6.07) is 2.85. The Morgan fingerprint density at radius 2 is 2.20 bits per heavy atom. The molecule has 2 rings (SSSR count). The van der Waals surface area contributed by atoms with E-state index in [4.69, 9.17) is 15.4 Å². The van der Waals surface area contributed by atoms with Crippen LogP contribution >= 0.6 is 22.0 Å². The van der Waals surface area contributed by atoms with Gasteiger partial charge in [0.15, 0.2) is 0 Å². The van der Waals surface area contributed by atoms with E-state index in [-0.39, 0.29) is 4.90 Å².